The summed E-state index contributed by atoms with van der Waals surface area (Å²) < 4.78 is 6.00. The number of rotatable bonds is 5. The van der Waals surface area contributed by atoms with Crippen LogP contribution >= 0.6 is 0 Å². The van der Waals surface area contributed by atoms with Crippen LogP contribution in [0.5, 0.6) is 11.5 Å². The normalized spacial score (nSPS) is 12.1. The van der Waals surface area contributed by atoms with Crippen LogP contribution in [0.2, 0.25) is 0 Å². The molecule has 0 radical (unpaired) electrons. The summed E-state index contributed by atoms with van der Waals surface area (Å²) in [5.41, 5.74) is 1.10. The van der Waals surface area contributed by atoms with Crippen molar-refractivity contribution in [3.63, 3.8) is 0 Å². The Hall–Kier alpha value is -1.96. The van der Waals surface area contributed by atoms with Crippen LogP contribution in [0.1, 0.15) is 31.4 Å². The van der Waals surface area contributed by atoms with Crippen LogP contribution in [0.25, 0.3) is 0 Å². The minimum Gasteiger partial charge on any atom is -0.508 e. The van der Waals surface area contributed by atoms with E-state index in [2.05, 4.69) is 6.92 Å². The Balaban J connectivity index is 2.15. The molecule has 0 aliphatic rings. The van der Waals surface area contributed by atoms with Gasteiger partial charge in [0, 0.05) is 0 Å². The van der Waals surface area contributed by atoms with Crippen molar-refractivity contribution in [3.05, 3.63) is 60.2 Å². The van der Waals surface area contributed by atoms with Crippen molar-refractivity contribution in [1.82, 2.24) is 0 Å². The van der Waals surface area contributed by atoms with Crippen LogP contribution in [0, 0.1) is 0 Å². The fourth-order valence-corrected chi connectivity index (χ4v) is 1.91. The van der Waals surface area contributed by atoms with E-state index in [0.29, 0.717) is 0 Å². The highest BCUT2D eigenvalue weighted by Crippen LogP contribution is 2.26. The van der Waals surface area contributed by atoms with Gasteiger partial charge in [0.15, 0.2) is 0 Å². The molecular weight excluding hydrogens is 224 g/mol. The number of hydrogen-bond acceptors (Lipinski definition) is 2. The molecule has 0 bridgehead atoms. The molecule has 0 saturated heterocycles. The summed E-state index contributed by atoms with van der Waals surface area (Å²) in [6, 6.07) is 17.1. The monoisotopic (exact) mass is 242 g/mol. The summed E-state index contributed by atoms with van der Waals surface area (Å²) in [6.45, 7) is 2.14. The highest BCUT2D eigenvalue weighted by molar-refractivity contribution is 5.29. The lowest BCUT2D eigenvalue weighted by atomic mass is 10.0. The number of para-hydroxylation sites is 1. The van der Waals surface area contributed by atoms with E-state index in [1.165, 1.54) is 0 Å². The Kier molecular flexibility index (Phi) is 4.24. The third kappa shape index (κ3) is 3.27. The van der Waals surface area contributed by atoms with Crippen molar-refractivity contribution in [1.29, 1.82) is 0 Å². The zero-order valence-corrected chi connectivity index (χ0v) is 10.5. The van der Waals surface area contributed by atoms with E-state index in [-0.39, 0.29) is 11.9 Å². The minimum atomic E-state index is 0.0398. The lowest BCUT2D eigenvalue weighted by Gasteiger charge is -2.19. The van der Waals surface area contributed by atoms with Gasteiger partial charge in [-0.25, -0.2) is 0 Å². The molecule has 94 valence electrons. The Morgan fingerprint density at radius 2 is 1.67 bits per heavy atom. The Bertz CT molecular complexity index is 462. The minimum absolute atomic E-state index is 0.0398. The molecule has 0 fully saturated rings. The first-order chi connectivity index (χ1) is 8.79. The molecule has 1 unspecified atom stereocenters. The molecule has 2 aromatic carbocycles. The van der Waals surface area contributed by atoms with Gasteiger partial charge in [-0.1, -0.05) is 43.7 Å². The van der Waals surface area contributed by atoms with Crippen LogP contribution in [-0.4, -0.2) is 5.11 Å². The van der Waals surface area contributed by atoms with Gasteiger partial charge in [0.2, 0.25) is 0 Å². The first-order valence-corrected chi connectivity index (χ1v) is 6.30. The fourth-order valence-electron chi connectivity index (χ4n) is 1.91. The van der Waals surface area contributed by atoms with Crippen molar-refractivity contribution in [3.8, 4) is 11.5 Å². The second-order valence-corrected chi connectivity index (χ2v) is 4.30. The van der Waals surface area contributed by atoms with Crippen molar-refractivity contribution >= 4 is 0 Å². The van der Waals surface area contributed by atoms with Gasteiger partial charge in [-0.05, 0) is 36.2 Å². The standard InChI is InChI=1S/C16H18O2/c1-2-6-16(13-9-11-14(17)12-10-13)18-15-7-4-3-5-8-15/h3-5,7-12,16-17H,2,6H2,1H3. The van der Waals surface area contributed by atoms with E-state index in [1.807, 2.05) is 42.5 Å². The maximum Gasteiger partial charge on any atom is 0.124 e. The predicted molar refractivity (Wildman–Crippen MR) is 72.8 cm³/mol. The van der Waals surface area contributed by atoms with Crippen molar-refractivity contribution in [2.24, 2.45) is 0 Å². The smallest absolute Gasteiger partial charge is 0.124 e. The number of phenolic OH excluding ortho intramolecular Hbond substituents is 1. The van der Waals surface area contributed by atoms with Gasteiger partial charge >= 0.3 is 0 Å². The fraction of sp³-hybridized carbons (Fsp3) is 0.250. The topological polar surface area (TPSA) is 29.5 Å². The van der Waals surface area contributed by atoms with Crippen molar-refractivity contribution in [2.45, 2.75) is 25.9 Å². The molecule has 2 rings (SSSR count). The molecule has 0 aliphatic carbocycles. The number of benzene rings is 2. The summed E-state index contributed by atoms with van der Waals surface area (Å²) >= 11 is 0. The maximum atomic E-state index is 9.32. The zero-order chi connectivity index (χ0) is 12.8. The van der Waals surface area contributed by atoms with E-state index < -0.39 is 0 Å². The molecule has 0 heterocycles. The van der Waals surface area contributed by atoms with Gasteiger partial charge in [-0.2, -0.15) is 0 Å². The first kappa shape index (κ1) is 12.5. The van der Waals surface area contributed by atoms with Crippen LogP contribution in [0.4, 0.5) is 0 Å². The summed E-state index contributed by atoms with van der Waals surface area (Å²) in [4.78, 5) is 0. The van der Waals surface area contributed by atoms with E-state index >= 15 is 0 Å². The van der Waals surface area contributed by atoms with Crippen LogP contribution in [-0.2, 0) is 0 Å². The molecule has 0 aromatic heterocycles. The Morgan fingerprint density at radius 3 is 2.28 bits per heavy atom. The van der Waals surface area contributed by atoms with Crippen molar-refractivity contribution in [2.75, 3.05) is 0 Å². The SMILES string of the molecule is CCCC(Oc1ccccc1)c1ccc(O)cc1. The summed E-state index contributed by atoms with van der Waals surface area (Å²) in [6.07, 6.45) is 2.05. The van der Waals surface area contributed by atoms with Gasteiger partial charge in [-0.15, -0.1) is 0 Å². The quantitative estimate of drug-likeness (QED) is 0.846. The zero-order valence-electron chi connectivity index (χ0n) is 10.5. The van der Waals surface area contributed by atoms with Crippen LogP contribution in [0.3, 0.4) is 0 Å². The largest absolute Gasteiger partial charge is 0.508 e. The molecule has 1 atom stereocenters. The van der Waals surface area contributed by atoms with E-state index in [0.717, 1.165) is 24.2 Å². The maximum absolute atomic E-state index is 9.32. The lowest BCUT2D eigenvalue weighted by Crippen LogP contribution is -2.07. The van der Waals surface area contributed by atoms with Gasteiger partial charge in [-0.3, -0.25) is 0 Å². The molecule has 2 aromatic rings. The molecule has 0 aliphatic heterocycles. The molecule has 0 saturated carbocycles. The molecular formula is C16H18O2. The van der Waals surface area contributed by atoms with E-state index in [1.54, 1.807) is 12.1 Å². The third-order valence-corrected chi connectivity index (χ3v) is 2.84. The van der Waals surface area contributed by atoms with Crippen LogP contribution < -0.4 is 4.74 Å². The Labute approximate surface area is 108 Å². The second-order valence-electron chi connectivity index (χ2n) is 4.30. The highest BCUT2D eigenvalue weighted by Gasteiger charge is 2.12. The molecule has 0 amide bonds. The van der Waals surface area contributed by atoms with E-state index in [4.69, 9.17) is 4.74 Å². The summed E-state index contributed by atoms with van der Waals surface area (Å²) in [7, 11) is 0. The Morgan fingerprint density at radius 1 is 1.00 bits per heavy atom. The number of aromatic hydroxyl groups is 1. The summed E-state index contributed by atoms with van der Waals surface area (Å²) in [5, 5.41) is 9.32. The lowest BCUT2D eigenvalue weighted by molar-refractivity contribution is 0.194. The average Bonchev–Trinajstić information content (AvgIpc) is 2.40. The average molecular weight is 242 g/mol. The number of hydrogen-bond donors (Lipinski definition) is 1. The molecule has 18 heavy (non-hydrogen) atoms. The molecule has 2 heteroatoms. The van der Waals surface area contributed by atoms with Gasteiger partial charge in [0.05, 0.1) is 0 Å². The van der Waals surface area contributed by atoms with Gasteiger partial charge in [0.1, 0.15) is 17.6 Å². The first-order valence-electron chi connectivity index (χ1n) is 6.30. The predicted octanol–water partition coefficient (Wildman–Crippen LogP) is 4.31. The highest BCUT2D eigenvalue weighted by atomic mass is 16.5. The molecule has 2 nitrogen and oxygen atoms in total. The second kappa shape index (κ2) is 6.10. The number of ether oxygens (including phenoxy) is 1. The molecule has 1 N–H and O–H groups in total. The summed E-state index contributed by atoms with van der Waals surface area (Å²) in [5.74, 6) is 1.16. The third-order valence-electron chi connectivity index (χ3n) is 2.84. The van der Waals surface area contributed by atoms with E-state index in [9.17, 15) is 5.11 Å². The van der Waals surface area contributed by atoms with Crippen molar-refractivity contribution < 1.29 is 9.84 Å². The van der Waals surface area contributed by atoms with Gasteiger partial charge in [0.25, 0.3) is 0 Å². The van der Waals surface area contributed by atoms with Crippen LogP contribution in [0.15, 0.2) is 54.6 Å². The molecule has 0 spiro atoms. The number of phenols is 1. The van der Waals surface area contributed by atoms with Gasteiger partial charge < -0.3 is 9.84 Å².